The molecule has 4 aliphatic rings. The fraction of sp³-hybridized carbons (Fsp3) is 0.562. The number of fused-ring (bicyclic) bond motifs is 2. The van der Waals surface area contributed by atoms with Crippen LogP contribution in [0, 0.1) is 0 Å². The molecule has 1 aliphatic carbocycles. The lowest BCUT2D eigenvalue weighted by Crippen LogP contribution is -2.57. The van der Waals surface area contributed by atoms with E-state index in [1.807, 2.05) is 23.1 Å². The van der Waals surface area contributed by atoms with Crippen molar-refractivity contribution in [2.75, 3.05) is 26.2 Å². The summed E-state index contributed by atoms with van der Waals surface area (Å²) in [5, 5.41) is 8.31. The highest BCUT2D eigenvalue weighted by Gasteiger charge is 2.35. The molecule has 0 saturated carbocycles. The number of carbonyl (C=O) groups is 1. The first-order valence-corrected chi connectivity index (χ1v) is 7.88. The summed E-state index contributed by atoms with van der Waals surface area (Å²) in [5.74, 6) is 0.0560. The Morgan fingerprint density at radius 2 is 2.14 bits per heavy atom. The van der Waals surface area contributed by atoms with Crippen molar-refractivity contribution in [3.05, 3.63) is 23.8 Å². The highest BCUT2D eigenvalue weighted by molar-refractivity contribution is 6.53. The van der Waals surface area contributed by atoms with Crippen molar-refractivity contribution in [1.82, 2.24) is 9.80 Å². The van der Waals surface area contributed by atoms with Gasteiger partial charge in [-0.1, -0.05) is 24.6 Å². The fourth-order valence-electron chi connectivity index (χ4n) is 3.67. The van der Waals surface area contributed by atoms with Gasteiger partial charge in [0.05, 0.1) is 5.71 Å². The normalized spacial score (nSPS) is 28.5. The van der Waals surface area contributed by atoms with Crippen LogP contribution in [-0.4, -0.2) is 59.4 Å². The van der Waals surface area contributed by atoms with Gasteiger partial charge >= 0.3 is 0 Å². The summed E-state index contributed by atoms with van der Waals surface area (Å²) in [6.07, 6.45) is 10.6. The van der Waals surface area contributed by atoms with Crippen molar-refractivity contribution in [1.29, 1.82) is 0 Å². The topological polar surface area (TPSA) is 48.3 Å². The second-order valence-corrected chi connectivity index (χ2v) is 6.14. The zero-order valence-electron chi connectivity index (χ0n) is 12.2. The third-order valence-corrected chi connectivity index (χ3v) is 4.87. The van der Waals surface area contributed by atoms with Crippen molar-refractivity contribution in [3.63, 3.8) is 0 Å². The Morgan fingerprint density at radius 1 is 1.19 bits per heavy atom. The first kappa shape index (κ1) is 13.0. The van der Waals surface area contributed by atoms with E-state index in [-0.39, 0.29) is 5.91 Å². The quantitative estimate of drug-likeness (QED) is 0.730. The standard InChI is InChI=1S/C16H20N4O/c21-16(15-13-6-1-2-7-14(13)17-18-15)20-10-9-19-8-4-3-5-12(19)11-20/h1-2,6,12H,3-5,7-11H2. The van der Waals surface area contributed by atoms with E-state index in [2.05, 4.69) is 15.1 Å². The maximum absolute atomic E-state index is 12.8. The Bertz CT molecular complexity index is 587. The number of hydrogen-bond acceptors (Lipinski definition) is 4. The number of amides is 1. The summed E-state index contributed by atoms with van der Waals surface area (Å²) in [5.41, 5.74) is 2.39. The molecule has 3 heterocycles. The summed E-state index contributed by atoms with van der Waals surface area (Å²) >= 11 is 0. The van der Waals surface area contributed by atoms with Crippen LogP contribution in [0.1, 0.15) is 25.7 Å². The Kier molecular flexibility index (Phi) is 3.22. The predicted molar refractivity (Wildman–Crippen MR) is 82.5 cm³/mol. The van der Waals surface area contributed by atoms with Crippen LogP contribution in [0.2, 0.25) is 0 Å². The van der Waals surface area contributed by atoms with Gasteiger partial charge in [0, 0.05) is 37.7 Å². The SMILES string of the molecule is O=C(C1=NN=C2CC=CC=C21)N1CCN2CCCCC2C1. The Morgan fingerprint density at radius 3 is 3.10 bits per heavy atom. The molecule has 0 bridgehead atoms. The Hall–Kier alpha value is -1.75. The Balaban J connectivity index is 1.49. The van der Waals surface area contributed by atoms with Crippen LogP contribution in [0.15, 0.2) is 34.0 Å². The Labute approximate surface area is 124 Å². The number of hydrogen-bond donors (Lipinski definition) is 0. The largest absolute Gasteiger partial charge is 0.334 e. The smallest absolute Gasteiger partial charge is 0.275 e. The van der Waals surface area contributed by atoms with Crippen LogP contribution in [-0.2, 0) is 4.79 Å². The van der Waals surface area contributed by atoms with Gasteiger partial charge in [0.1, 0.15) is 0 Å². The van der Waals surface area contributed by atoms with E-state index in [9.17, 15) is 4.79 Å². The molecule has 2 saturated heterocycles. The third kappa shape index (κ3) is 2.25. The van der Waals surface area contributed by atoms with Crippen LogP contribution in [0.4, 0.5) is 0 Å². The summed E-state index contributed by atoms with van der Waals surface area (Å²) in [6.45, 7) is 3.84. The highest BCUT2D eigenvalue weighted by atomic mass is 16.2. The molecular formula is C16H20N4O. The number of piperazine rings is 1. The lowest BCUT2D eigenvalue weighted by Gasteiger charge is -2.44. The van der Waals surface area contributed by atoms with Gasteiger partial charge in [-0.3, -0.25) is 9.69 Å². The molecule has 110 valence electrons. The van der Waals surface area contributed by atoms with Gasteiger partial charge in [-0.25, -0.2) is 0 Å². The summed E-state index contributed by atoms with van der Waals surface area (Å²) in [6, 6.07) is 0.541. The minimum absolute atomic E-state index is 0.0560. The van der Waals surface area contributed by atoms with E-state index >= 15 is 0 Å². The number of rotatable bonds is 1. The molecule has 2 fully saturated rings. The molecule has 1 unspecified atom stereocenters. The maximum Gasteiger partial charge on any atom is 0.275 e. The van der Waals surface area contributed by atoms with E-state index in [0.29, 0.717) is 11.8 Å². The highest BCUT2D eigenvalue weighted by Crippen LogP contribution is 2.23. The van der Waals surface area contributed by atoms with Crippen LogP contribution in [0.25, 0.3) is 0 Å². The summed E-state index contributed by atoms with van der Waals surface area (Å²) in [4.78, 5) is 17.3. The molecule has 0 radical (unpaired) electrons. The van der Waals surface area contributed by atoms with Crippen molar-refractivity contribution in [3.8, 4) is 0 Å². The second kappa shape index (κ2) is 5.22. The molecule has 21 heavy (non-hydrogen) atoms. The molecule has 0 aromatic heterocycles. The molecule has 4 rings (SSSR count). The monoisotopic (exact) mass is 284 g/mol. The van der Waals surface area contributed by atoms with Crippen LogP contribution in [0.5, 0.6) is 0 Å². The predicted octanol–water partition coefficient (Wildman–Crippen LogP) is 1.38. The molecule has 5 heteroatoms. The molecule has 0 N–H and O–H groups in total. The molecule has 3 aliphatic heterocycles. The summed E-state index contributed by atoms with van der Waals surface area (Å²) < 4.78 is 0. The van der Waals surface area contributed by atoms with Crippen molar-refractivity contribution >= 4 is 17.3 Å². The van der Waals surface area contributed by atoms with Gasteiger partial charge in [0.25, 0.3) is 5.91 Å². The molecule has 1 atom stereocenters. The first-order chi connectivity index (χ1) is 10.3. The van der Waals surface area contributed by atoms with Gasteiger partial charge in [-0.15, -0.1) is 5.10 Å². The van der Waals surface area contributed by atoms with Gasteiger partial charge in [-0.2, -0.15) is 5.10 Å². The molecular weight excluding hydrogens is 264 g/mol. The van der Waals surface area contributed by atoms with E-state index in [1.54, 1.807) is 0 Å². The average molecular weight is 284 g/mol. The molecule has 0 aromatic carbocycles. The van der Waals surface area contributed by atoms with Gasteiger partial charge in [-0.05, 0) is 19.4 Å². The van der Waals surface area contributed by atoms with Crippen LogP contribution >= 0.6 is 0 Å². The third-order valence-electron chi connectivity index (χ3n) is 4.87. The number of nitrogens with zero attached hydrogens (tertiary/aromatic N) is 4. The van der Waals surface area contributed by atoms with E-state index in [0.717, 1.165) is 37.3 Å². The lowest BCUT2D eigenvalue weighted by atomic mass is 9.96. The molecule has 0 aromatic rings. The minimum atomic E-state index is 0.0560. The van der Waals surface area contributed by atoms with Crippen molar-refractivity contribution in [2.24, 2.45) is 10.2 Å². The van der Waals surface area contributed by atoms with Crippen molar-refractivity contribution < 1.29 is 4.79 Å². The van der Waals surface area contributed by atoms with Gasteiger partial charge < -0.3 is 4.90 Å². The van der Waals surface area contributed by atoms with E-state index < -0.39 is 0 Å². The average Bonchev–Trinajstić information content (AvgIpc) is 2.98. The number of carbonyl (C=O) groups excluding carboxylic acids is 1. The lowest BCUT2D eigenvalue weighted by molar-refractivity contribution is -0.127. The summed E-state index contributed by atoms with van der Waals surface area (Å²) in [7, 11) is 0. The maximum atomic E-state index is 12.8. The fourth-order valence-corrected chi connectivity index (χ4v) is 3.67. The minimum Gasteiger partial charge on any atom is -0.334 e. The molecule has 0 spiro atoms. The van der Waals surface area contributed by atoms with Gasteiger partial charge in [0.2, 0.25) is 0 Å². The zero-order chi connectivity index (χ0) is 14.2. The van der Waals surface area contributed by atoms with Gasteiger partial charge in [0.15, 0.2) is 5.71 Å². The number of piperidine rings is 1. The first-order valence-electron chi connectivity index (χ1n) is 7.88. The zero-order valence-corrected chi connectivity index (χ0v) is 12.2. The van der Waals surface area contributed by atoms with Crippen LogP contribution < -0.4 is 0 Å². The van der Waals surface area contributed by atoms with E-state index in [4.69, 9.17) is 0 Å². The van der Waals surface area contributed by atoms with Crippen LogP contribution in [0.3, 0.4) is 0 Å². The molecule has 1 amide bonds. The number of allylic oxidation sites excluding steroid dienone is 3. The van der Waals surface area contributed by atoms with Crippen molar-refractivity contribution in [2.45, 2.75) is 31.7 Å². The van der Waals surface area contributed by atoms with E-state index in [1.165, 1.54) is 25.8 Å². The molecule has 5 nitrogen and oxygen atoms in total. The second-order valence-electron chi connectivity index (χ2n) is 6.14.